The first-order valence-corrected chi connectivity index (χ1v) is 8.16. The third-order valence-electron chi connectivity index (χ3n) is 3.38. The number of nitrogens with one attached hydrogen (secondary N) is 1. The van der Waals surface area contributed by atoms with Gasteiger partial charge in [-0.05, 0) is 59.0 Å². The summed E-state index contributed by atoms with van der Waals surface area (Å²) in [6.07, 6.45) is 2.48. The van der Waals surface area contributed by atoms with Crippen LogP contribution in [0.15, 0.2) is 18.2 Å². The Kier molecular flexibility index (Phi) is 5.96. The number of ether oxygens (including phenoxy) is 2. The van der Waals surface area contributed by atoms with Crippen LogP contribution < -0.4 is 5.32 Å². The molecule has 1 N–H and O–H groups in total. The minimum Gasteiger partial charge on any atom is -0.444 e. The van der Waals surface area contributed by atoms with Crippen LogP contribution in [0.2, 0.25) is 0 Å². The number of anilines is 1. The number of carbonyl (C=O) groups is 1. The Balaban J connectivity index is 2.22. The van der Waals surface area contributed by atoms with Crippen molar-refractivity contribution in [3.63, 3.8) is 0 Å². The van der Waals surface area contributed by atoms with Gasteiger partial charge in [-0.1, -0.05) is 6.08 Å². The third-order valence-corrected chi connectivity index (χ3v) is 3.38. The summed E-state index contributed by atoms with van der Waals surface area (Å²) in [5.74, 6) is 0.498. The molecule has 2 heterocycles. The molecule has 0 radical (unpaired) electrons. The highest BCUT2D eigenvalue weighted by atomic mass is 16.6. The van der Waals surface area contributed by atoms with Crippen LogP contribution in [0.25, 0.3) is 5.57 Å². The van der Waals surface area contributed by atoms with Crippen LogP contribution in [0.1, 0.15) is 38.4 Å². The SMILES string of the molecule is CN(C)Cc1nc(NC(=O)OC(C)(C)C)ccc1C1=CCOCC1. The number of hydrogen-bond acceptors (Lipinski definition) is 5. The van der Waals surface area contributed by atoms with E-state index in [1.165, 1.54) is 5.57 Å². The van der Waals surface area contributed by atoms with Gasteiger partial charge in [0.1, 0.15) is 11.4 Å². The Morgan fingerprint density at radius 3 is 2.71 bits per heavy atom. The molecule has 0 atom stereocenters. The fourth-order valence-electron chi connectivity index (χ4n) is 2.46. The molecule has 24 heavy (non-hydrogen) atoms. The smallest absolute Gasteiger partial charge is 0.413 e. The van der Waals surface area contributed by atoms with Crippen LogP contribution in [0.3, 0.4) is 0 Å². The summed E-state index contributed by atoms with van der Waals surface area (Å²) < 4.78 is 10.7. The molecule has 1 amide bonds. The van der Waals surface area contributed by atoms with Crippen molar-refractivity contribution in [2.24, 2.45) is 0 Å². The number of nitrogens with zero attached hydrogens (tertiary/aromatic N) is 2. The fourth-order valence-corrected chi connectivity index (χ4v) is 2.46. The number of pyridine rings is 1. The predicted octanol–water partition coefficient (Wildman–Crippen LogP) is 3.29. The molecule has 0 unspecified atom stereocenters. The average molecular weight is 333 g/mol. The van der Waals surface area contributed by atoms with Crippen LogP contribution >= 0.6 is 0 Å². The predicted molar refractivity (Wildman–Crippen MR) is 94.9 cm³/mol. The summed E-state index contributed by atoms with van der Waals surface area (Å²) in [5, 5.41) is 2.71. The third kappa shape index (κ3) is 5.62. The number of carbonyl (C=O) groups excluding carboxylic acids is 1. The molecule has 0 aliphatic carbocycles. The van der Waals surface area contributed by atoms with Gasteiger partial charge in [0.15, 0.2) is 0 Å². The van der Waals surface area contributed by atoms with Gasteiger partial charge in [-0.25, -0.2) is 9.78 Å². The van der Waals surface area contributed by atoms with Crippen LogP contribution in [0.4, 0.5) is 10.6 Å². The van der Waals surface area contributed by atoms with Gasteiger partial charge in [0.2, 0.25) is 0 Å². The van der Waals surface area contributed by atoms with E-state index in [0.717, 1.165) is 24.3 Å². The lowest BCUT2D eigenvalue weighted by Gasteiger charge is -2.21. The number of rotatable bonds is 4. The van der Waals surface area contributed by atoms with E-state index in [9.17, 15) is 4.79 Å². The summed E-state index contributed by atoms with van der Waals surface area (Å²) in [6.45, 7) is 7.55. The van der Waals surface area contributed by atoms with E-state index in [0.29, 0.717) is 19.0 Å². The Bertz CT molecular complexity index is 618. The number of amides is 1. The van der Waals surface area contributed by atoms with E-state index >= 15 is 0 Å². The van der Waals surface area contributed by atoms with Crippen molar-refractivity contribution in [2.75, 3.05) is 32.6 Å². The first-order valence-electron chi connectivity index (χ1n) is 8.16. The largest absolute Gasteiger partial charge is 0.444 e. The van der Waals surface area contributed by atoms with E-state index in [4.69, 9.17) is 9.47 Å². The van der Waals surface area contributed by atoms with E-state index in [1.807, 2.05) is 47.0 Å². The first kappa shape index (κ1) is 18.4. The molecule has 2 rings (SSSR count). The summed E-state index contributed by atoms with van der Waals surface area (Å²) in [4.78, 5) is 18.6. The van der Waals surface area contributed by atoms with Gasteiger partial charge < -0.3 is 14.4 Å². The monoisotopic (exact) mass is 333 g/mol. The fraction of sp³-hybridized carbons (Fsp3) is 0.556. The lowest BCUT2D eigenvalue weighted by molar-refractivity contribution is 0.0635. The molecule has 1 aromatic heterocycles. The van der Waals surface area contributed by atoms with Crippen molar-refractivity contribution in [1.82, 2.24) is 9.88 Å². The highest BCUT2D eigenvalue weighted by Crippen LogP contribution is 2.26. The second-order valence-corrected chi connectivity index (χ2v) is 7.11. The van der Waals surface area contributed by atoms with Gasteiger partial charge in [-0.3, -0.25) is 5.32 Å². The minimum absolute atomic E-state index is 0.496. The molecule has 1 aliphatic heterocycles. The normalized spacial score (nSPS) is 15.2. The quantitative estimate of drug-likeness (QED) is 0.916. The lowest BCUT2D eigenvalue weighted by atomic mass is 9.99. The summed E-state index contributed by atoms with van der Waals surface area (Å²) in [7, 11) is 4.00. The number of aromatic nitrogens is 1. The van der Waals surface area contributed by atoms with Gasteiger partial charge in [0, 0.05) is 12.1 Å². The van der Waals surface area contributed by atoms with E-state index in [2.05, 4.69) is 21.3 Å². The highest BCUT2D eigenvalue weighted by Gasteiger charge is 2.18. The van der Waals surface area contributed by atoms with Crippen LogP contribution in [0.5, 0.6) is 0 Å². The zero-order valence-corrected chi connectivity index (χ0v) is 15.2. The van der Waals surface area contributed by atoms with Gasteiger partial charge >= 0.3 is 6.09 Å². The molecule has 0 fully saturated rings. The van der Waals surface area contributed by atoms with Crippen molar-refractivity contribution in [3.8, 4) is 0 Å². The molecule has 0 aromatic carbocycles. The lowest BCUT2D eigenvalue weighted by Crippen LogP contribution is -2.27. The molecule has 6 heteroatoms. The van der Waals surface area contributed by atoms with Crippen molar-refractivity contribution in [2.45, 2.75) is 39.3 Å². The Morgan fingerprint density at radius 1 is 1.38 bits per heavy atom. The van der Waals surface area contributed by atoms with Crippen molar-refractivity contribution >= 4 is 17.5 Å². The molecule has 1 aromatic rings. The maximum absolute atomic E-state index is 11.9. The first-order chi connectivity index (χ1) is 11.2. The second kappa shape index (κ2) is 7.77. The molecular weight excluding hydrogens is 306 g/mol. The maximum atomic E-state index is 11.9. The molecule has 1 aliphatic rings. The van der Waals surface area contributed by atoms with E-state index in [-0.39, 0.29) is 0 Å². The van der Waals surface area contributed by atoms with Gasteiger partial charge in [0.05, 0.1) is 18.9 Å². The Hall–Kier alpha value is -1.92. The Morgan fingerprint density at radius 2 is 2.12 bits per heavy atom. The van der Waals surface area contributed by atoms with Crippen molar-refractivity contribution < 1.29 is 14.3 Å². The molecule has 0 saturated heterocycles. The summed E-state index contributed by atoms with van der Waals surface area (Å²) in [5.41, 5.74) is 2.75. The zero-order chi connectivity index (χ0) is 17.7. The molecule has 6 nitrogen and oxygen atoms in total. The Labute approximate surface area is 143 Å². The standard InChI is InChI=1S/C18H27N3O3/c1-18(2,3)24-17(22)20-16-7-6-14(13-8-10-23-11-9-13)15(19-16)12-21(4)5/h6-8H,9-12H2,1-5H3,(H,19,20,22). The summed E-state index contributed by atoms with van der Waals surface area (Å²) >= 11 is 0. The summed E-state index contributed by atoms with van der Waals surface area (Å²) in [6, 6.07) is 3.82. The van der Waals surface area contributed by atoms with Gasteiger partial charge in [-0.2, -0.15) is 0 Å². The van der Waals surface area contributed by atoms with Crippen molar-refractivity contribution in [1.29, 1.82) is 0 Å². The number of hydrogen-bond donors (Lipinski definition) is 1. The second-order valence-electron chi connectivity index (χ2n) is 7.11. The van der Waals surface area contributed by atoms with Gasteiger partial charge in [-0.15, -0.1) is 0 Å². The molecule has 0 saturated carbocycles. The highest BCUT2D eigenvalue weighted by molar-refractivity contribution is 5.84. The maximum Gasteiger partial charge on any atom is 0.413 e. The van der Waals surface area contributed by atoms with Crippen LogP contribution in [0, 0.1) is 0 Å². The van der Waals surface area contributed by atoms with Crippen molar-refractivity contribution in [3.05, 3.63) is 29.5 Å². The molecule has 132 valence electrons. The topological polar surface area (TPSA) is 63.7 Å². The molecular formula is C18H27N3O3. The van der Waals surface area contributed by atoms with E-state index in [1.54, 1.807) is 0 Å². The molecule has 0 spiro atoms. The minimum atomic E-state index is -0.538. The average Bonchev–Trinajstić information content (AvgIpc) is 2.45. The van der Waals surface area contributed by atoms with E-state index < -0.39 is 11.7 Å². The van der Waals surface area contributed by atoms with Crippen LogP contribution in [-0.2, 0) is 16.0 Å². The van der Waals surface area contributed by atoms with Crippen LogP contribution in [-0.4, -0.2) is 48.9 Å². The molecule has 0 bridgehead atoms. The zero-order valence-electron chi connectivity index (χ0n) is 15.2. The van der Waals surface area contributed by atoms with Gasteiger partial charge in [0.25, 0.3) is 0 Å².